The Balaban J connectivity index is 1.74. The van der Waals surface area contributed by atoms with Crippen molar-refractivity contribution in [1.82, 2.24) is 9.55 Å². The van der Waals surface area contributed by atoms with E-state index in [-0.39, 0.29) is 17.9 Å². The van der Waals surface area contributed by atoms with Crippen LogP contribution < -0.4 is 15.6 Å². The van der Waals surface area contributed by atoms with Crippen LogP contribution in [0.15, 0.2) is 77.2 Å². The van der Waals surface area contributed by atoms with Gasteiger partial charge in [-0.1, -0.05) is 66.4 Å². The molecule has 3 aromatic rings. The number of thioether (sulfide) groups is 1. The lowest BCUT2D eigenvalue weighted by molar-refractivity contribution is -0.116. The zero-order valence-corrected chi connectivity index (χ0v) is 18.0. The van der Waals surface area contributed by atoms with Crippen LogP contribution in [-0.4, -0.2) is 21.2 Å². The number of ether oxygens (including phenoxy) is 1. The fraction of sp³-hybridized carbons (Fsp3) is 0.208. The Morgan fingerprint density at radius 2 is 1.94 bits per heavy atom. The number of nitrogens with zero attached hydrogens (tertiary/aromatic N) is 2. The Bertz CT molecular complexity index is 1170. The minimum absolute atomic E-state index is 0.142. The highest BCUT2D eigenvalue weighted by atomic mass is 32.2. The average molecular weight is 434 g/mol. The molecule has 1 aliphatic heterocycles. The van der Waals surface area contributed by atoms with Crippen molar-refractivity contribution in [2.45, 2.75) is 24.1 Å². The van der Waals surface area contributed by atoms with Crippen molar-refractivity contribution in [3.8, 4) is 5.75 Å². The van der Waals surface area contributed by atoms with Gasteiger partial charge in [-0.25, -0.2) is 0 Å². The second kappa shape index (κ2) is 9.22. The smallest absolute Gasteiger partial charge is 0.279 e. The first kappa shape index (κ1) is 20.9. The number of fused-ring (bicyclic) bond motifs is 1. The van der Waals surface area contributed by atoms with Gasteiger partial charge < -0.3 is 14.6 Å². The molecule has 0 saturated carbocycles. The second-order valence-corrected chi connectivity index (χ2v) is 8.22. The molecule has 0 spiro atoms. The van der Waals surface area contributed by atoms with Crippen molar-refractivity contribution >= 4 is 23.5 Å². The highest BCUT2D eigenvalue weighted by Gasteiger charge is 2.33. The molecule has 0 saturated heterocycles. The second-order valence-electron chi connectivity index (χ2n) is 7.24. The summed E-state index contributed by atoms with van der Waals surface area (Å²) >= 11 is 1.40. The normalized spacial score (nSPS) is 15.1. The maximum absolute atomic E-state index is 13.0. The van der Waals surface area contributed by atoms with Crippen LogP contribution in [0.4, 0.5) is 5.82 Å². The van der Waals surface area contributed by atoms with E-state index in [1.54, 1.807) is 17.7 Å². The number of amides is 1. The molecule has 1 N–H and O–H groups in total. The first-order valence-corrected chi connectivity index (χ1v) is 11.0. The quantitative estimate of drug-likeness (QED) is 0.345. The monoisotopic (exact) mass is 433 g/mol. The van der Waals surface area contributed by atoms with Gasteiger partial charge >= 0.3 is 0 Å². The van der Waals surface area contributed by atoms with Gasteiger partial charge in [-0.2, -0.15) is 4.98 Å². The molecule has 4 rings (SSSR count). The van der Waals surface area contributed by atoms with Crippen LogP contribution >= 0.6 is 11.8 Å². The van der Waals surface area contributed by atoms with E-state index in [0.717, 1.165) is 11.1 Å². The van der Waals surface area contributed by atoms with E-state index in [4.69, 9.17) is 4.74 Å². The van der Waals surface area contributed by atoms with Gasteiger partial charge in [0.25, 0.3) is 5.56 Å². The van der Waals surface area contributed by atoms with E-state index >= 15 is 0 Å². The number of hydrogen-bond acceptors (Lipinski definition) is 5. The molecular weight excluding hydrogens is 410 g/mol. The molecule has 1 aliphatic rings. The van der Waals surface area contributed by atoms with Crippen molar-refractivity contribution in [1.29, 1.82) is 0 Å². The highest BCUT2D eigenvalue weighted by Crippen LogP contribution is 2.39. The third-order valence-electron chi connectivity index (χ3n) is 5.16. The number of hydrogen-bond donors (Lipinski definition) is 1. The lowest BCUT2D eigenvalue weighted by Crippen LogP contribution is -2.33. The topological polar surface area (TPSA) is 73.2 Å². The van der Waals surface area contributed by atoms with Gasteiger partial charge in [0.05, 0.1) is 5.56 Å². The summed E-state index contributed by atoms with van der Waals surface area (Å²) in [5.41, 5.74) is 2.00. The number of anilines is 1. The SMILES string of the molecule is C=CCSc1nc(=O)c2c(n1C)NC(=O)CC2c1ccccc1OCc1ccccc1. The standard InChI is InChI=1S/C24H23N3O3S/c1-3-13-31-24-26-23(29)21-18(14-20(28)25-22(21)27(24)2)17-11-7-8-12-19(17)30-15-16-9-5-4-6-10-16/h3-12,18H,1,13-15H2,2H3,(H,25,28). The van der Waals surface area contributed by atoms with Crippen LogP contribution in [0.25, 0.3) is 0 Å². The number of nitrogens with one attached hydrogen (secondary N) is 1. The molecule has 0 aliphatic carbocycles. The summed E-state index contributed by atoms with van der Waals surface area (Å²) in [6.07, 6.45) is 1.91. The summed E-state index contributed by atoms with van der Waals surface area (Å²) in [5.74, 6) is 1.19. The molecule has 1 aromatic heterocycles. The average Bonchev–Trinajstić information content (AvgIpc) is 2.79. The van der Waals surface area contributed by atoms with Crippen LogP contribution in [0, 0.1) is 0 Å². The summed E-state index contributed by atoms with van der Waals surface area (Å²) in [4.78, 5) is 29.9. The molecule has 1 amide bonds. The summed E-state index contributed by atoms with van der Waals surface area (Å²) in [7, 11) is 1.80. The molecule has 7 heteroatoms. The number of rotatable bonds is 7. The van der Waals surface area contributed by atoms with Gasteiger partial charge in [-0.15, -0.1) is 6.58 Å². The molecular formula is C24H23N3O3S. The molecule has 0 radical (unpaired) electrons. The van der Waals surface area contributed by atoms with Gasteiger partial charge in [0.15, 0.2) is 5.16 Å². The Morgan fingerprint density at radius 3 is 2.71 bits per heavy atom. The van der Waals surface area contributed by atoms with Gasteiger partial charge in [0.1, 0.15) is 18.2 Å². The summed E-state index contributed by atoms with van der Waals surface area (Å²) in [6, 6.07) is 17.4. The molecule has 1 unspecified atom stereocenters. The predicted octanol–water partition coefficient (Wildman–Crippen LogP) is 4.11. The maximum atomic E-state index is 13.0. The van der Waals surface area contributed by atoms with E-state index in [2.05, 4.69) is 16.9 Å². The van der Waals surface area contributed by atoms with Crippen LogP contribution in [0.5, 0.6) is 5.75 Å². The Morgan fingerprint density at radius 1 is 1.19 bits per heavy atom. The minimum atomic E-state index is -0.430. The summed E-state index contributed by atoms with van der Waals surface area (Å²) in [5, 5.41) is 3.41. The molecule has 2 heterocycles. The minimum Gasteiger partial charge on any atom is -0.489 e. The number of para-hydroxylation sites is 1. The van der Waals surface area contributed by atoms with E-state index in [9.17, 15) is 9.59 Å². The summed E-state index contributed by atoms with van der Waals surface area (Å²) < 4.78 is 7.86. The Labute approximate surface area is 185 Å². The van der Waals surface area contributed by atoms with Crippen molar-refractivity contribution in [2.75, 3.05) is 11.1 Å². The van der Waals surface area contributed by atoms with E-state index in [1.165, 1.54) is 11.8 Å². The first-order chi connectivity index (χ1) is 15.1. The number of aromatic nitrogens is 2. The third-order valence-corrected chi connectivity index (χ3v) is 6.19. The Hall–Kier alpha value is -3.32. The Kier molecular flexibility index (Phi) is 6.23. The highest BCUT2D eigenvalue weighted by molar-refractivity contribution is 7.99. The van der Waals surface area contributed by atoms with Gasteiger partial charge in [-0.05, 0) is 11.6 Å². The third kappa shape index (κ3) is 4.41. The van der Waals surface area contributed by atoms with Crippen molar-refractivity contribution < 1.29 is 9.53 Å². The number of benzene rings is 2. The predicted molar refractivity (Wildman–Crippen MR) is 123 cm³/mol. The van der Waals surface area contributed by atoms with E-state index < -0.39 is 5.92 Å². The van der Waals surface area contributed by atoms with Crippen LogP contribution in [0.3, 0.4) is 0 Å². The largest absolute Gasteiger partial charge is 0.489 e. The van der Waals surface area contributed by atoms with Gasteiger partial charge in [0.2, 0.25) is 5.91 Å². The van der Waals surface area contributed by atoms with Crippen molar-refractivity contribution in [2.24, 2.45) is 7.05 Å². The molecule has 1 atom stereocenters. The lowest BCUT2D eigenvalue weighted by atomic mass is 9.86. The van der Waals surface area contributed by atoms with Crippen molar-refractivity contribution in [3.05, 3.63) is 94.3 Å². The molecule has 0 fully saturated rings. The molecule has 31 heavy (non-hydrogen) atoms. The first-order valence-electron chi connectivity index (χ1n) is 9.98. The zero-order valence-electron chi connectivity index (χ0n) is 17.2. The van der Waals surface area contributed by atoms with Gasteiger partial charge in [0, 0.05) is 30.7 Å². The van der Waals surface area contributed by atoms with Crippen LogP contribution in [-0.2, 0) is 18.4 Å². The number of carbonyl (C=O) groups is 1. The maximum Gasteiger partial charge on any atom is 0.279 e. The molecule has 6 nitrogen and oxygen atoms in total. The fourth-order valence-electron chi connectivity index (χ4n) is 3.70. The number of carbonyl (C=O) groups excluding carboxylic acids is 1. The lowest BCUT2D eigenvalue weighted by Gasteiger charge is -2.28. The zero-order chi connectivity index (χ0) is 21.8. The molecule has 158 valence electrons. The van der Waals surface area contributed by atoms with Crippen molar-refractivity contribution in [3.63, 3.8) is 0 Å². The summed E-state index contributed by atoms with van der Waals surface area (Å²) in [6.45, 7) is 4.11. The van der Waals surface area contributed by atoms with Gasteiger partial charge in [-0.3, -0.25) is 9.59 Å². The van der Waals surface area contributed by atoms with E-state index in [0.29, 0.717) is 34.6 Å². The molecule has 0 bridgehead atoms. The fourth-order valence-corrected chi connectivity index (χ4v) is 4.40. The van der Waals surface area contributed by atoms with Crippen LogP contribution in [0.1, 0.15) is 29.0 Å². The van der Waals surface area contributed by atoms with Crippen LogP contribution in [0.2, 0.25) is 0 Å². The van der Waals surface area contributed by atoms with E-state index in [1.807, 2.05) is 54.6 Å². The molecule has 2 aromatic carbocycles.